The Morgan fingerprint density at radius 1 is 1.58 bits per heavy atom. The van der Waals surface area contributed by atoms with Crippen LogP contribution < -0.4 is 5.73 Å². The topological polar surface area (TPSA) is 88.0 Å². The number of nitrogens with two attached hydrogens (primary N) is 1. The van der Waals surface area contributed by atoms with Crippen molar-refractivity contribution in [2.75, 3.05) is 5.73 Å². The van der Waals surface area contributed by atoms with E-state index in [1.165, 1.54) is 10.9 Å². The van der Waals surface area contributed by atoms with Crippen LogP contribution in [0.25, 0.3) is 0 Å². The lowest BCUT2D eigenvalue weighted by Crippen LogP contribution is -2.15. The molecule has 0 amide bonds. The zero-order chi connectivity index (χ0) is 14.0. The summed E-state index contributed by atoms with van der Waals surface area (Å²) in [5, 5.41) is 8.13. The first-order chi connectivity index (χ1) is 8.97. The summed E-state index contributed by atoms with van der Waals surface area (Å²) in [5.41, 5.74) is 7.69. The number of esters is 1. The lowest BCUT2D eigenvalue weighted by Gasteiger charge is -2.06. The van der Waals surface area contributed by atoms with Crippen molar-refractivity contribution < 1.29 is 9.53 Å². The van der Waals surface area contributed by atoms with Crippen molar-refractivity contribution in [1.82, 2.24) is 19.6 Å². The molecule has 0 aliphatic carbocycles. The van der Waals surface area contributed by atoms with Gasteiger partial charge in [0, 0.05) is 13.2 Å². The minimum absolute atomic E-state index is 0.0334. The second-order valence-electron chi connectivity index (χ2n) is 4.10. The molecule has 0 saturated carbocycles. The molecule has 2 aromatic rings. The molecule has 102 valence electrons. The zero-order valence-electron chi connectivity index (χ0n) is 10.6. The molecule has 0 spiro atoms. The smallest absolute Gasteiger partial charge is 0.328 e. The van der Waals surface area contributed by atoms with Crippen LogP contribution >= 0.6 is 15.9 Å². The lowest BCUT2D eigenvalue weighted by molar-refractivity contribution is -0.146. The number of nitrogen functional groups attached to an aromatic ring is 1. The highest BCUT2D eigenvalue weighted by Gasteiger charge is 2.13. The van der Waals surface area contributed by atoms with Crippen molar-refractivity contribution in [3.63, 3.8) is 0 Å². The van der Waals surface area contributed by atoms with Gasteiger partial charge in [0.1, 0.15) is 13.2 Å². The number of nitrogens with zero attached hydrogens (tertiary/aromatic N) is 4. The molecule has 2 aromatic heterocycles. The summed E-state index contributed by atoms with van der Waals surface area (Å²) in [6, 6.07) is 0. The van der Waals surface area contributed by atoms with Gasteiger partial charge >= 0.3 is 5.97 Å². The number of hydrogen-bond donors (Lipinski definition) is 1. The molecular formula is C11H14BrN5O2. The highest BCUT2D eigenvalue weighted by atomic mass is 79.9. The normalized spacial score (nSPS) is 10.7. The van der Waals surface area contributed by atoms with Crippen LogP contribution in [-0.2, 0) is 29.7 Å². The highest BCUT2D eigenvalue weighted by molar-refractivity contribution is 9.10. The fourth-order valence-electron chi connectivity index (χ4n) is 1.63. The van der Waals surface area contributed by atoms with Gasteiger partial charge in [0.2, 0.25) is 0 Å². The third-order valence-corrected chi connectivity index (χ3v) is 3.61. The number of aryl methyl sites for hydroxylation is 2. The molecule has 7 nitrogen and oxygen atoms in total. The van der Waals surface area contributed by atoms with Crippen molar-refractivity contribution in [2.24, 2.45) is 7.05 Å². The van der Waals surface area contributed by atoms with Gasteiger partial charge in [0.05, 0.1) is 27.7 Å². The molecule has 0 unspecified atom stereocenters. The monoisotopic (exact) mass is 327 g/mol. The predicted molar refractivity (Wildman–Crippen MR) is 72.1 cm³/mol. The molecule has 19 heavy (non-hydrogen) atoms. The summed E-state index contributed by atoms with van der Waals surface area (Å²) < 4.78 is 9.15. The maximum Gasteiger partial charge on any atom is 0.328 e. The Morgan fingerprint density at radius 2 is 2.32 bits per heavy atom. The van der Waals surface area contributed by atoms with Crippen LogP contribution in [0.3, 0.4) is 0 Å². The van der Waals surface area contributed by atoms with Gasteiger partial charge in [0.15, 0.2) is 0 Å². The highest BCUT2D eigenvalue weighted by Crippen LogP contribution is 2.20. The number of halogens is 1. The fraction of sp³-hybridized carbons (Fsp3) is 0.364. The molecule has 0 bridgehead atoms. The molecule has 0 aromatic carbocycles. The molecule has 2 N–H and O–H groups in total. The minimum atomic E-state index is -0.381. The molecule has 0 saturated heterocycles. The van der Waals surface area contributed by atoms with E-state index in [2.05, 4.69) is 26.1 Å². The van der Waals surface area contributed by atoms with E-state index in [1.807, 2.05) is 6.92 Å². The molecule has 0 aliphatic rings. The van der Waals surface area contributed by atoms with E-state index >= 15 is 0 Å². The zero-order valence-corrected chi connectivity index (χ0v) is 12.2. The van der Waals surface area contributed by atoms with Crippen LogP contribution in [-0.4, -0.2) is 25.5 Å². The van der Waals surface area contributed by atoms with Crippen molar-refractivity contribution in [3.8, 4) is 0 Å². The van der Waals surface area contributed by atoms with E-state index in [4.69, 9.17) is 10.5 Å². The van der Waals surface area contributed by atoms with Crippen LogP contribution in [0.4, 0.5) is 5.69 Å². The number of carbonyl (C=O) groups excluding carboxylic acids is 1. The molecule has 2 rings (SSSR count). The Balaban J connectivity index is 1.93. The van der Waals surface area contributed by atoms with E-state index in [1.54, 1.807) is 17.9 Å². The van der Waals surface area contributed by atoms with E-state index in [0.717, 1.165) is 15.9 Å². The first-order valence-corrected chi connectivity index (χ1v) is 6.38. The van der Waals surface area contributed by atoms with Crippen molar-refractivity contribution in [1.29, 1.82) is 0 Å². The molecule has 0 fully saturated rings. The number of aromatic nitrogens is 4. The van der Waals surface area contributed by atoms with E-state index in [-0.39, 0.29) is 19.1 Å². The molecule has 8 heteroatoms. The van der Waals surface area contributed by atoms with Crippen LogP contribution in [0.15, 0.2) is 16.9 Å². The fourth-order valence-corrected chi connectivity index (χ4v) is 2.08. The molecule has 0 aliphatic heterocycles. The Labute approximate surface area is 118 Å². The Kier molecular flexibility index (Phi) is 3.89. The van der Waals surface area contributed by atoms with Gasteiger partial charge in [-0.25, -0.2) is 0 Å². The SMILES string of the molecule is Cc1nn(C)c(COC(=O)Cn2cc(N)cn2)c1Br. The van der Waals surface area contributed by atoms with Crippen LogP contribution in [0.5, 0.6) is 0 Å². The average Bonchev–Trinajstić information content (AvgIpc) is 2.83. The number of ether oxygens (including phenoxy) is 1. The molecule has 2 heterocycles. The molecular weight excluding hydrogens is 314 g/mol. The second kappa shape index (κ2) is 5.43. The number of rotatable bonds is 4. The summed E-state index contributed by atoms with van der Waals surface area (Å²) in [7, 11) is 1.80. The average molecular weight is 328 g/mol. The van der Waals surface area contributed by atoms with Crippen molar-refractivity contribution in [3.05, 3.63) is 28.3 Å². The standard InChI is InChI=1S/C11H14BrN5O2/c1-7-11(12)9(16(2)15-7)6-19-10(18)5-17-4-8(13)3-14-17/h3-4H,5-6,13H2,1-2H3. The summed E-state index contributed by atoms with van der Waals surface area (Å²) in [4.78, 5) is 11.7. The molecule has 0 radical (unpaired) electrons. The third kappa shape index (κ3) is 3.14. The van der Waals surface area contributed by atoms with E-state index in [9.17, 15) is 4.79 Å². The molecule has 0 atom stereocenters. The van der Waals surface area contributed by atoms with Gasteiger partial charge in [-0.15, -0.1) is 0 Å². The minimum Gasteiger partial charge on any atom is -0.458 e. The van der Waals surface area contributed by atoms with E-state index < -0.39 is 0 Å². The van der Waals surface area contributed by atoms with Crippen LogP contribution in [0, 0.1) is 6.92 Å². The van der Waals surface area contributed by atoms with Crippen molar-refractivity contribution in [2.45, 2.75) is 20.1 Å². The summed E-state index contributed by atoms with van der Waals surface area (Å²) in [6.45, 7) is 2.07. The maximum atomic E-state index is 11.7. The van der Waals surface area contributed by atoms with Gasteiger partial charge in [-0.05, 0) is 22.9 Å². The Bertz CT molecular complexity index is 604. The number of anilines is 1. The van der Waals surface area contributed by atoms with E-state index in [0.29, 0.717) is 5.69 Å². The van der Waals surface area contributed by atoms with Gasteiger partial charge in [0.25, 0.3) is 0 Å². The first kappa shape index (κ1) is 13.6. The lowest BCUT2D eigenvalue weighted by atomic mass is 10.4. The van der Waals surface area contributed by atoms with Gasteiger partial charge in [-0.3, -0.25) is 14.2 Å². The third-order valence-electron chi connectivity index (χ3n) is 2.58. The van der Waals surface area contributed by atoms with Gasteiger partial charge < -0.3 is 10.5 Å². The van der Waals surface area contributed by atoms with Crippen molar-refractivity contribution >= 4 is 27.6 Å². The predicted octanol–water partition coefficient (Wildman–Crippen LogP) is 1.01. The largest absolute Gasteiger partial charge is 0.458 e. The number of carbonyl (C=O) groups is 1. The van der Waals surface area contributed by atoms with Crippen LogP contribution in [0.1, 0.15) is 11.4 Å². The summed E-state index contributed by atoms with van der Waals surface area (Å²) >= 11 is 3.41. The summed E-state index contributed by atoms with van der Waals surface area (Å²) in [5.74, 6) is -0.381. The van der Waals surface area contributed by atoms with Gasteiger partial charge in [-0.1, -0.05) is 0 Å². The first-order valence-electron chi connectivity index (χ1n) is 5.59. The maximum absolute atomic E-state index is 11.7. The summed E-state index contributed by atoms with van der Waals surface area (Å²) in [6.07, 6.45) is 3.06. The van der Waals surface area contributed by atoms with Gasteiger partial charge in [-0.2, -0.15) is 10.2 Å². The Morgan fingerprint density at radius 3 is 2.84 bits per heavy atom. The number of hydrogen-bond acceptors (Lipinski definition) is 5. The quantitative estimate of drug-likeness (QED) is 0.847. The van der Waals surface area contributed by atoms with Crippen LogP contribution in [0.2, 0.25) is 0 Å². The Hall–Kier alpha value is -1.83. The second-order valence-corrected chi connectivity index (χ2v) is 4.89.